The molecule has 0 saturated carbocycles. The van der Waals surface area contributed by atoms with Gasteiger partial charge in [0.05, 0.1) is 6.61 Å². The fraction of sp³-hybridized carbons (Fsp3) is 0.429. The van der Waals surface area contributed by atoms with Crippen LogP contribution in [-0.2, 0) is 25.5 Å². The summed E-state index contributed by atoms with van der Waals surface area (Å²) in [5, 5.41) is 0. The highest BCUT2D eigenvalue weighted by molar-refractivity contribution is 5.76. The molecule has 1 aromatic carbocycles. The molecule has 0 aliphatic heterocycles. The lowest BCUT2D eigenvalue weighted by Crippen LogP contribution is -2.16. The van der Waals surface area contributed by atoms with Gasteiger partial charge in [-0.3, -0.25) is 4.79 Å². The predicted octanol–water partition coefficient (Wildman–Crippen LogP) is 2.12. The Bertz CT molecular complexity index is 373. The molecule has 4 heteroatoms. The molecule has 1 rings (SSSR count). The molecule has 0 heterocycles. The Labute approximate surface area is 107 Å². The second-order valence-electron chi connectivity index (χ2n) is 3.80. The Morgan fingerprint density at radius 2 is 1.78 bits per heavy atom. The number of hydrogen-bond donors (Lipinski definition) is 0. The van der Waals surface area contributed by atoms with Gasteiger partial charge in [-0.05, 0) is 25.3 Å². The molecule has 0 atom stereocenters. The molecule has 0 N–H and O–H groups in total. The largest absolute Gasteiger partial charge is 0.463 e. The summed E-state index contributed by atoms with van der Waals surface area (Å²) in [6.07, 6.45) is 1.86. The Hall–Kier alpha value is -1.84. The number of carbonyl (C=O) groups excluding carboxylic acids is 2. The SMILES string of the molecule is CCOC(=O)COC(=O)CCCc1ccccc1. The van der Waals surface area contributed by atoms with Crippen LogP contribution in [0.1, 0.15) is 25.3 Å². The highest BCUT2D eigenvalue weighted by Gasteiger charge is 2.07. The van der Waals surface area contributed by atoms with Crippen LogP contribution in [-0.4, -0.2) is 25.2 Å². The van der Waals surface area contributed by atoms with E-state index in [0.717, 1.165) is 6.42 Å². The third-order valence-electron chi connectivity index (χ3n) is 2.35. The lowest BCUT2D eigenvalue weighted by atomic mass is 10.1. The highest BCUT2D eigenvalue weighted by Crippen LogP contribution is 2.05. The third-order valence-corrected chi connectivity index (χ3v) is 2.35. The quantitative estimate of drug-likeness (QED) is 0.695. The molecule has 0 aliphatic carbocycles. The molecule has 0 radical (unpaired) electrons. The van der Waals surface area contributed by atoms with E-state index in [1.807, 2.05) is 30.3 Å². The Balaban J connectivity index is 2.12. The van der Waals surface area contributed by atoms with Gasteiger partial charge in [-0.1, -0.05) is 30.3 Å². The van der Waals surface area contributed by atoms with E-state index in [1.54, 1.807) is 6.92 Å². The standard InChI is InChI=1S/C14H18O4/c1-2-17-14(16)11-18-13(15)10-6-9-12-7-4-3-5-8-12/h3-5,7-8H,2,6,9-11H2,1H3. The lowest BCUT2D eigenvalue weighted by molar-refractivity contribution is -0.158. The fourth-order valence-electron chi connectivity index (χ4n) is 1.50. The molecular formula is C14H18O4. The molecule has 0 bridgehead atoms. The van der Waals surface area contributed by atoms with E-state index in [1.165, 1.54) is 5.56 Å². The molecule has 0 fully saturated rings. The first kappa shape index (κ1) is 14.2. The van der Waals surface area contributed by atoms with E-state index in [0.29, 0.717) is 19.4 Å². The molecule has 4 nitrogen and oxygen atoms in total. The monoisotopic (exact) mass is 250 g/mol. The minimum atomic E-state index is -0.506. The number of aryl methyl sites for hydroxylation is 1. The lowest BCUT2D eigenvalue weighted by Gasteiger charge is -2.04. The van der Waals surface area contributed by atoms with Crippen LogP contribution in [0.15, 0.2) is 30.3 Å². The van der Waals surface area contributed by atoms with Crippen LogP contribution in [0.3, 0.4) is 0 Å². The van der Waals surface area contributed by atoms with Gasteiger partial charge in [-0.15, -0.1) is 0 Å². The summed E-state index contributed by atoms with van der Waals surface area (Å²) < 4.78 is 9.43. The number of esters is 2. The van der Waals surface area contributed by atoms with Crippen LogP contribution in [0.4, 0.5) is 0 Å². The van der Waals surface area contributed by atoms with Crippen molar-refractivity contribution in [3.05, 3.63) is 35.9 Å². The van der Waals surface area contributed by atoms with Crippen LogP contribution >= 0.6 is 0 Å². The van der Waals surface area contributed by atoms with E-state index in [9.17, 15) is 9.59 Å². The molecular weight excluding hydrogens is 232 g/mol. The zero-order valence-corrected chi connectivity index (χ0v) is 10.6. The van der Waals surface area contributed by atoms with E-state index in [-0.39, 0.29) is 12.6 Å². The van der Waals surface area contributed by atoms with Crippen molar-refractivity contribution in [2.75, 3.05) is 13.2 Å². The summed E-state index contributed by atoms with van der Waals surface area (Å²) >= 11 is 0. The summed E-state index contributed by atoms with van der Waals surface area (Å²) in [5.74, 6) is -0.868. The van der Waals surface area contributed by atoms with Gasteiger partial charge < -0.3 is 9.47 Å². The van der Waals surface area contributed by atoms with E-state index >= 15 is 0 Å². The average molecular weight is 250 g/mol. The van der Waals surface area contributed by atoms with Gasteiger partial charge in [-0.2, -0.15) is 0 Å². The van der Waals surface area contributed by atoms with Gasteiger partial charge in [0.1, 0.15) is 0 Å². The number of ether oxygens (including phenoxy) is 2. The maximum atomic E-state index is 11.3. The van der Waals surface area contributed by atoms with Crippen molar-refractivity contribution in [2.24, 2.45) is 0 Å². The zero-order chi connectivity index (χ0) is 13.2. The van der Waals surface area contributed by atoms with Gasteiger partial charge in [0, 0.05) is 6.42 Å². The topological polar surface area (TPSA) is 52.6 Å². The second-order valence-corrected chi connectivity index (χ2v) is 3.80. The first-order valence-electron chi connectivity index (χ1n) is 6.07. The van der Waals surface area contributed by atoms with Gasteiger partial charge in [0.25, 0.3) is 0 Å². The minimum absolute atomic E-state index is 0.294. The Kier molecular flexibility index (Phi) is 6.54. The zero-order valence-electron chi connectivity index (χ0n) is 10.6. The first-order chi connectivity index (χ1) is 8.72. The number of hydrogen-bond acceptors (Lipinski definition) is 4. The number of benzene rings is 1. The fourth-order valence-corrected chi connectivity index (χ4v) is 1.50. The first-order valence-corrected chi connectivity index (χ1v) is 6.07. The molecule has 0 aliphatic rings. The average Bonchev–Trinajstić information content (AvgIpc) is 2.38. The summed E-state index contributed by atoms with van der Waals surface area (Å²) in [6.45, 7) is 1.71. The van der Waals surface area contributed by atoms with Crippen LogP contribution in [0.2, 0.25) is 0 Å². The third kappa shape index (κ3) is 6.03. The second kappa shape index (κ2) is 8.28. The Morgan fingerprint density at radius 3 is 2.44 bits per heavy atom. The highest BCUT2D eigenvalue weighted by atomic mass is 16.6. The maximum absolute atomic E-state index is 11.3. The maximum Gasteiger partial charge on any atom is 0.344 e. The van der Waals surface area contributed by atoms with Crippen molar-refractivity contribution in [1.29, 1.82) is 0 Å². The van der Waals surface area contributed by atoms with Crippen LogP contribution in [0.5, 0.6) is 0 Å². The summed E-state index contributed by atoms with van der Waals surface area (Å²) in [6, 6.07) is 9.92. The summed E-state index contributed by atoms with van der Waals surface area (Å²) in [4.78, 5) is 22.3. The molecule has 0 amide bonds. The normalized spacial score (nSPS) is 9.83. The van der Waals surface area contributed by atoms with E-state index in [2.05, 4.69) is 4.74 Å². The Morgan fingerprint density at radius 1 is 1.06 bits per heavy atom. The molecule has 0 saturated heterocycles. The van der Waals surface area contributed by atoms with Crippen LogP contribution in [0, 0.1) is 0 Å². The van der Waals surface area contributed by atoms with Crippen LogP contribution < -0.4 is 0 Å². The summed E-state index contributed by atoms with van der Waals surface area (Å²) in [7, 11) is 0. The van der Waals surface area contributed by atoms with Crippen molar-refractivity contribution >= 4 is 11.9 Å². The summed E-state index contributed by atoms with van der Waals surface area (Å²) in [5.41, 5.74) is 1.19. The minimum Gasteiger partial charge on any atom is -0.463 e. The predicted molar refractivity (Wildman–Crippen MR) is 67.0 cm³/mol. The van der Waals surface area contributed by atoms with Crippen molar-refractivity contribution in [3.8, 4) is 0 Å². The van der Waals surface area contributed by atoms with Crippen LogP contribution in [0.25, 0.3) is 0 Å². The van der Waals surface area contributed by atoms with Crippen molar-refractivity contribution < 1.29 is 19.1 Å². The number of rotatable bonds is 7. The molecule has 0 unspecified atom stereocenters. The smallest absolute Gasteiger partial charge is 0.344 e. The van der Waals surface area contributed by atoms with E-state index in [4.69, 9.17) is 4.74 Å². The van der Waals surface area contributed by atoms with Gasteiger partial charge in [-0.25, -0.2) is 4.79 Å². The number of carbonyl (C=O) groups is 2. The molecule has 0 aromatic heterocycles. The van der Waals surface area contributed by atoms with Gasteiger partial charge in [0.2, 0.25) is 0 Å². The molecule has 98 valence electrons. The van der Waals surface area contributed by atoms with Crippen molar-refractivity contribution in [2.45, 2.75) is 26.2 Å². The molecule has 0 spiro atoms. The van der Waals surface area contributed by atoms with E-state index < -0.39 is 5.97 Å². The molecule has 1 aromatic rings. The molecule has 18 heavy (non-hydrogen) atoms. The van der Waals surface area contributed by atoms with Crippen molar-refractivity contribution in [3.63, 3.8) is 0 Å². The van der Waals surface area contributed by atoms with Gasteiger partial charge >= 0.3 is 11.9 Å². The van der Waals surface area contributed by atoms with Gasteiger partial charge in [0.15, 0.2) is 6.61 Å². The van der Waals surface area contributed by atoms with Crippen molar-refractivity contribution in [1.82, 2.24) is 0 Å².